The molecule has 0 saturated heterocycles. The van der Waals surface area contributed by atoms with Crippen molar-refractivity contribution in [3.63, 3.8) is 0 Å². The fourth-order valence-electron chi connectivity index (χ4n) is 1.77. The highest BCUT2D eigenvalue weighted by atomic mass is 16.2. The number of amides is 3. The minimum atomic E-state index is -0.292. The Kier molecular flexibility index (Phi) is 7.04. The van der Waals surface area contributed by atoms with Crippen LogP contribution in [0.1, 0.15) is 11.1 Å². The Morgan fingerprint density at radius 1 is 1.05 bits per heavy atom. The average molecular weight is 307 g/mol. The summed E-state index contributed by atoms with van der Waals surface area (Å²) >= 11 is 0. The number of likely N-dealkylation sites (N-methyl/N-ethyl adjacent to an activating group) is 1. The van der Waals surface area contributed by atoms with Crippen molar-refractivity contribution in [1.82, 2.24) is 10.6 Å². The van der Waals surface area contributed by atoms with Gasteiger partial charge in [0.1, 0.15) is 0 Å². The van der Waals surface area contributed by atoms with Crippen LogP contribution < -0.4 is 21.3 Å². The molecule has 0 aliphatic carbocycles. The Morgan fingerprint density at radius 2 is 1.73 bits per heavy atom. The van der Waals surface area contributed by atoms with Gasteiger partial charge in [0.2, 0.25) is 5.91 Å². The van der Waals surface area contributed by atoms with Gasteiger partial charge in [0.25, 0.3) is 11.8 Å². The van der Waals surface area contributed by atoms with E-state index in [1.165, 1.54) is 7.05 Å². The van der Waals surface area contributed by atoms with Gasteiger partial charge in [-0.1, -0.05) is 12.1 Å². The normalized spacial score (nSPS) is 9.95. The van der Waals surface area contributed by atoms with E-state index in [0.29, 0.717) is 0 Å². The second-order valence-corrected chi connectivity index (χ2v) is 4.94. The van der Waals surface area contributed by atoms with Crippen molar-refractivity contribution in [3.05, 3.63) is 29.3 Å². The Hall–Kier alpha value is -2.41. The van der Waals surface area contributed by atoms with E-state index in [4.69, 9.17) is 0 Å². The van der Waals surface area contributed by atoms with Gasteiger partial charge in [-0.15, -0.1) is 0 Å². The maximum atomic E-state index is 11.8. The first-order chi connectivity index (χ1) is 10.4. The van der Waals surface area contributed by atoms with Crippen LogP contribution in [0.5, 0.6) is 0 Å². The van der Waals surface area contributed by atoms with Crippen LogP contribution in [0.3, 0.4) is 0 Å². The summed E-state index contributed by atoms with van der Waals surface area (Å²) in [4.78, 5) is 34.3. The first kappa shape index (κ1) is 17.6. The molecule has 0 heterocycles. The standard InChI is InChI=1S/C15H22N4O3/c1-10-5-4-6-12(11(10)2)19-15(22)9-18-14(21)8-17-7-13(20)16-3/h4-6,17H,7-9H2,1-3H3,(H,16,20)(H,18,21)(H,19,22)/p+1. The smallest absolute Gasteiger partial charge is 0.275 e. The van der Waals surface area contributed by atoms with Crippen molar-refractivity contribution in [2.45, 2.75) is 13.8 Å². The summed E-state index contributed by atoms with van der Waals surface area (Å²) in [6, 6.07) is 5.65. The Bertz CT molecular complexity index is 558. The molecule has 22 heavy (non-hydrogen) atoms. The molecule has 0 bridgehead atoms. The van der Waals surface area contributed by atoms with Crippen LogP contribution in [0.25, 0.3) is 0 Å². The molecule has 3 amide bonds. The van der Waals surface area contributed by atoms with Gasteiger partial charge in [-0.05, 0) is 31.0 Å². The third kappa shape index (κ3) is 5.92. The van der Waals surface area contributed by atoms with Crippen molar-refractivity contribution in [2.75, 3.05) is 32.0 Å². The highest BCUT2D eigenvalue weighted by Crippen LogP contribution is 2.17. The molecule has 0 aromatic heterocycles. The number of quaternary nitrogens is 1. The highest BCUT2D eigenvalue weighted by Gasteiger charge is 2.10. The van der Waals surface area contributed by atoms with E-state index in [9.17, 15) is 14.4 Å². The minimum Gasteiger partial charge on any atom is -0.354 e. The topological polar surface area (TPSA) is 104 Å². The Balaban J connectivity index is 2.32. The lowest BCUT2D eigenvalue weighted by Gasteiger charge is -2.10. The molecule has 1 aromatic rings. The van der Waals surface area contributed by atoms with Crippen molar-refractivity contribution in [2.24, 2.45) is 0 Å². The molecule has 0 spiro atoms. The summed E-state index contributed by atoms with van der Waals surface area (Å²) < 4.78 is 0. The fourth-order valence-corrected chi connectivity index (χ4v) is 1.77. The van der Waals surface area contributed by atoms with Crippen LogP contribution in [0.2, 0.25) is 0 Å². The first-order valence-electron chi connectivity index (χ1n) is 7.09. The molecule has 1 rings (SSSR count). The molecular weight excluding hydrogens is 284 g/mol. The third-order valence-corrected chi connectivity index (χ3v) is 3.26. The van der Waals surface area contributed by atoms with Crippen LogP contribution in [0.15, 0.2) is 18.2 Å². The predicted octanol–water partition coefficient (Wildman–Crippen LogP) is -1.33. The summed E-state index contributed by atoms with van der Waals surface area (Å²) in [5.74, 6) is -0.728. The fraction of sp³-hybridized carbons (Fsp3) is 0.400. The van der Waals surface area contributed by atoms with Crippen LogP contribution in [0, 0.1) is 13.8 Å². The number of hydrogen-bond acceptors (Lipinski definition) is 3. The molecule has 1 aromatic carbocycles. The number of carbonyl (C=O) groups is 3. The zero-order valence-corrected chi connectivity index (χ0v) is 13.2. The molecule has 0 atom stereocenters. The average Bonchev–Trinajstić information content (AvgIpc) is 2.49. The van der Waals surface area contributed by atoms with Gasteiger partial charge in [-0.2, -0.15) is 0 Å². The van der Waals surface area contributed by atoms with Gasteiger partial charge in [-0.3, -0.25) is 14.4 Å². The second kappa shape index (κ2) is 8.78. The number of aryl methyl sites for hydroxylation is 1. The summed E-state index contributed by atoms with van der Waals surface area (Å²) in [7, 11) is 1.54. The summed E-state index contributed by atoms with van der Waals surface area (Å²) in [5.41, 5.74) is 2.83. The lowest BCUT2D eigenvalue weighted by molar-refractivity contribution is -0.633. The van der Waals surface area contributed by atoms with Crippen LogP contribution >= 0.6 is 0 Å². The lowest BCUT2D eigenvalue weighted by Crippen LogP contribution is -2.88. The zero-order chi connectivity index (χ0) is 16.5. The Morgan fingerprint density at radius 3 is 2.41 bits per heavy atom. The zero-order valence-electron chi connectivity index (χ0n) is 13.2. The largest absolute Gasteiger partial charge is 0.354 e. The SMILES string of the molecule is CNC(=O)C[NH2+]CC(=O)NCC(=O)Nc1cccc(C)c1C. The van der Waals surface area contributed by atoms with E-state index in [1.54, 1.807) is 5.32 Å². The van der Waals surface area contributed by atoms with Crippen LogP contribution in [-0.2, 0) is 14.4 Å². The molecule has 0 saturated carbocycles. The molecule has 0 radical (unpaired) electrons. The molecule has 0 unspecified atom stereocenters. The molecule has 5 N–H and O–H groups in total. The third-order valence-electron chi connectivity index (χ3n) is 3.26. The van der Waals surface area contributed by atoms with Gasteiger partial charge in [0.15, 0.2) is 13.1 Å². The van der Waals surface area contributed by atoms with Gasteiger partial charge in [0, 0.05) is 12.7 Å². The van der Waals surface area contributed by atoms with Gasteiger partial charge in [-0.25, -0.2) is 0 Å². The quantitative estimate of drug-likeness (QED) is 0.501. The number of anilines is 1. The summed E-state index contributed by atoms with van der Waals surface area (Å²) in [5, 5.41) is 9.30. The van der Waals surface area contributed by atoms with E-state index >= 15 is 0 Å². The molecule has 0 fully saturated rings. The van der Waals surface area contributed by atoms with E-state index in [1.807, 2.05) is 32.0 Å². The van der Waals surface area contributed by atoms with Crippen molar-refractivity contribution >= 4 is 23.4 Å². The maximum Gasteiger partial charge on any atom is 0.275 e. The first-order valence-corrected chi connectivity index (χ1v) is 7.09. The number of hydrogen-bond donors (Lipinski definition) is 4. The van der Waals surface area contributed by atoms with Crippen LogP contribution in [0.4, 0.5) is 5.69 Å². The molecule has 7 heteroatoms. The number of nitrogens with two attached hydrogens (primary N) is 1. The number of benzene rings is 1. The van der Waals surface area contributed by atoms with Gasteiger partial charge in [0.05, 0.1) is 6.54 Å². The highest BCUT2D eigenvalue weighted by molar-refractivity contribution is 5.95. The van der Waals surface area contributed by atoms with E-state index in [-0.39, 0.29) is 37.4 Å². The molecule has 0 aliphatic rings. The van der Waals surface area contributed by atoms with Gasteiger partial charge < -0.3 is 21.3 Å². The summed E-state index contributed by atoms with van der Waals surface area (Å²) in [6.45, 7) is 4.08. The molecule has 0 aliphatic heterocycles. The summed E-state index contributed by atoms with van der Waals surface area (Å²) in [6.07, 6.45) is 0. The minimum absolute atomic E-state index is 0.0972. The van der Waals surface area contributed by atoms with Crippen LogP contribution in [-0.4, -0.2) is 44.4 Å². The lowest BCUT2D eigenvalue weighted by atomic mass is 10.1. The molecule has 7 nitrogen and oxygen atoms in total. The van der Waals surface area contributed by atoms with Gasteiger partial charge >= 0.3 is 0 Å². The second-order valence-electron chi connectivity index (χ2n) is 4.94. The predicted molar refractivity (Wildman–Crippen MR) is 83.3 cm³/mol. The number of rotatable bonds is 7. The van der Waals surface area contributed by atoms with E-state index in [0.717, 1.165) is 16.8 Å². The monoisotopic (exact) mass is 307 g/mol. The number of nitrogens with one attached hydrogen (secondary N) is 3. The molecule has 120 valence electrons. The van der Waals surface area contributed by atoms with Crippen molar-refractivity contribution < 1.29 is 19.7 Å². The van der Waals surface area contributed by atoms with E-state index in [2.05, 4.69) is 16.0 Å². The Labute approximate surface area is 129 Å². The van der Waals surface area contributed by atoms with E-state index < -0.39 is 0 Å². The molecular formula is C15H23N4O3+. The maximum absolute atomic E-state index is 11.8. The van der Waals surface area contributed by atoms with Crippen molar-refractivity contribution in [1.29, 1.82) is 0 Å². The van der Waals surface area contributed by atoms with Crippen molar-refractivity contribution in [3.8, 4) is 0 Å². The number of carbonyl (C=O) groups excluding carboxylic acids is 3.